The predicted molar refractivity (Wildman–Crippen MR) is 140 cm³/mol. The maximum absolute atomic E-state index is 13.0. The Bertz CT molecular complexity index is 1490. The molecule has 3 N–H and O–H groups in total. The van der Waals surface area contributed by atoms with Crippen LogP contribution in [0.4, 0.5) is 5.69 Å². The molecule has 178 valence electrons. The summed E-state index contributed by atoms with van der Waals surface area (Å²) in [5.41, 5.74) is 5.54. The fraction of sp³-hybridized carbons (Fsp3) is 0.143. The van der Waals surface area contributed by atoms with Crippen LogP contribution in [-0.4, -0.2) is 32.9 Å². The molecule has 1 aromatic carbocycles. The van der Waals surface area contributed by atoms with Gasteiger partial charge in [-0.2, -0.15) is 5.26 Å². The lowest BCUT2D eigenvalue weighted by molar-refractivity contribution is 0.102. The zero-order valence-electron chi connectivity index (χ0n) is 20.2. The lowest BCUT2D eigenvalue weighted by atomic mass is 9.90. The molecule has 0 fully saturated rings. The molecular weight excluding hydrogens is 450 g/mol. The number of amides is 1. The molecule has 8 heteroatoms. The molecule has 4 rings (SSSR count). The molecule has 8 nitrogen and oxygen atoms in total. The predicted octanol–water partition coefficient (Wildman–Crippen LogP) is 5.28. The van der Waals surface area contributed by atoms with Crippen LogP contribution < -0.4 is 5.32 Å². The summed E-state index contributed by atoms with van der Waals surface area (Å²) in [6.45, 7) is 5.43. The second-order valence-corrected chi connectivity index (χ2v) is 8.75. The molecule has 36 heavy (non-hydrogen) atoms. The van der Waals surface area contributed by atoms with E-state index in [1.165, 1.54) is 6.20 Å². The molecule has 0 saturated carbocycles. The van der Waals surface area contributed by atoms with Gasteiger partial charge in [-0.15, -0.1) is 0 Å². The molecule has 0 saturated heterocycles. The zero-order valence-corrected chi connectivity index (χ0v) is 20.2. The Balaban J connectivity index is 1.64. The van der Waals surface area contributed by atoms with Crippen LogP contribution in [0.25, 0.3) is 11.1 Å². The number of rotatable bonds is 7. The van der Waals surface area contributed by atoms with Crippen molar-refractivity contribution in [2.45, 2.75) is 26.2 Å². The smallest absolute Gasteiger partial charge is 0.255 e. The SMILES string of the molecule is Cc1ncc(NC(=O)c2ccnc(C(C)(C)C#N)c2)cc1-c1cccc(C(=NC=N)c2ccc[nH]2)c1. The Labute approximate surface area is 209 Å². The van der Waals surface area contributed by atoms with Gasteiger partial charge in [-0.1, -0.05) is 18.2 Å². The third-order valence-electron chi connectivity index (χ3n) is 5.78. The molecule has 3 aromatic heterocycles. The van der Waals surface area contributed by atoms with Gasteiger partial charge in [0.15, 0.2) is 0 Å². The van der Waals surface area contributed by atoms with Crippen LogP contribution in [0.15, 0.2) is 78.2 Å². The van der Waals surface area contributed by atoms with E-state index < -0.39 is 5.41 Å². The van der Waals surface area contributed by atoms with Crippen molar-refractivity contribution in [2.24, 2.45) is 4.99 Å². The summed E-state index contributed by atoms with van der Waals surface area (Å²) >= 11 is 0. The van der Waals surface area contributed by atoms with E-state index in [1.807, 2.05) is 55.6 Å². The number of aromatic nitrogens is 3. The highest BCUT2D eigenvalue weighted by Crippen LogP contribution is 2.27. The summed E-state index contributed by atoms with van der Waals surface area (Å²) in [5, 5.41) is 19.8. The average molecular weight is 476 g/mol. The number of aromatic amines is 1. The molecule has 1 amide bonds. The molecule has 0 unspecified atom stereocenters. The van der Waals surface area contributed by atoms with Crippen LogP contribution in [0.2, 0.25) is 0 Å². The average Bonchev–Trinajstić information content (AvgIpc) is 3.43. The fourth-order valence-electron chi connectivity index (χ4n) is 3.74. The summed E-state index contributed by atoms with van der Waals surface area (Å²) < 4.78 is 0. The lowest BCUT2D eigenvalue weighted by Crippen LogP contribution is -2.18. The van der Waals surface area contributed by atoms with Gasteiger partial charge in [0.25, 0.3) is 5.91 Å². The molecule has 3 heterocycles. The van der Waals surface area contributed by atoms with Crippen molar-refractivity contribution in [2.75, 3.05) is 5.32 Å². The monoisotopic (exact) mass is 475 g/mol. The first-order valence-corrected chi connectivity index (χ1v) is 11.3. The van der Waals surface area contributed by atoms with E-state index in [0.717, 1.165) is 34.4 Å². The number of carbonyl (C=O) groups excluding carboxylic acids is 1. The number of hydrogen-bond acceptors (Lipinski definition) is 5. The molecule has 0 atom stereocenters. The Morgan fingerprint density at radius 1 is 1.14 bits per heavy atom. The van der Waals surface area contributed by atoms with E-state index in [2.05, 4.69) is 31.3 Å². The number of hydrogen-bond donors (Lipinski definition) is 3. The minimum absolute atomic E-state index is 0.315. The van der Waals surface area contributed by atoms with Crippen LogP contribution in [0.3, 0.4) is 0 Å². The van der Waals surface area contributed by atoms with Gasteiger partial charge in [-0.25, -0.2) is 4.99 Å². The summed E-state index contributed by atoms with van der Waals surface area (Å²) in [4.78, 5) is 29.1. The zero-order chi connectivity index (χ0) is 25.7. The van der Waals surface area contributed by atoms with Gasteiger partial charge in [-0.05, 0) is 62.7 Å². The van der Waals surface area contributed by atoms with Crippen LogP contribution in [-0.2, 0) is 5.41 Å². The van der Waals surface area contributed by atoms with Gasteiger partial charge in [0.05, 0.1) is 40.5 Å². The Morgan fingerprint density at radius 2 is 1.97 bits per heavy atom. The number of nitrogens with one attached hydrogen (secondary N) is 3. The number of nitriles is 1. The van der Waals surface area contributed by atoms with Crippen molar-refractivity contribution in [3.8, 4) is 17.2 Å². The number of pyridine rings is 2. The highest BCUT2D eigenvalue weighted by molar-refractivity contribution is 6.14. The van der Waals surface area contributed by atoms with Gasteiger partial charge < -0.3 is 10.3 Å². The van der Waals surface area contributed by atoms with E-state index >= 15 is 0 Å². The van der Waals surface area contributed by atoms with E-state index in [1.54, 1.807) is 32.2 Å². The molecule has 0 radical (unpaired) electrons. The summed E-state index contributed by atoms with van der Waals surface area (Å²) in [6, 6.07) is 18.9. The van der Waals surface area contributed by atoms with E-state index in [9.17, 15) is 10.1 Å². The van der Waals surface area contributed by atoms with Crippen LogP contribution in [0.1, 0.15) is 46.9 Å². The van der Waals surface area contributed by atoms with Gasteiger partial charge in [0, 0.05) is 34.8 Å². The number of H-pyrrole nitrogens is 1. The van der Waals surface area contributed by atoms with Crippen LogP contribution >= 0.6 is 0 Å². The lowest BCUT2D eigenvalue weighted by Gasteiger charge is -2.15. The van der Waals surface area contributed by atoms with Crippen LogP contribution in [0.5, 0.6) is 0 Å². The standard InChI is InChI=1S/C28H25N7O/c1-18-23(19-6-4-7-20(12-19)26(34-17-30)24-8-5-10-31-24)14-22(15-33-18)35-27(36)21-9-11-32-25(13-21)28(2,3)16-29/h4-15,17,30-31H,1-3H3,(H,35,36). The van der Waals surface area contributed by atoms with E-state index in [4.69, 9.17) is 5.41 Å². The highest BCUT2D eigenvalue weighted by Gasteiger charge is 2.22. The van der Waals surface area contributed by atoms with Crippen LogP contribution in [0, 0.1) is 23.7 Å². The normalized spacial score (nSPS) is 11.6. The van der Waals surface area contributed by atoms with E-state index in [-0.39, 0.29) is 5.91 Å². The third-order valence-corrected chi connectivity index (χ3v) is 5.78. The number of aryl methyl sites for hydroxylation is 1. The molecule has 4 aromatic rings. The van der Waals surface area contributed by atoms with Crippen molar-refractivity contribution in [1.82, 2.24) is 15.0 Å². The van der Waals surface area contributed by atoms with Gasteiger partial charge >= 0.3 is 0 Å². The minimum Gasteiger partial charge on any atom is -0.360 e. The number of nitrogens with zero attached hydrogens (tertiary/aromatic N) is 4. The molecule has 0 spiro atoms. The number of carbonyl (C=O) groups is 1. The summed E-state index contributed by atoms with van der Waals surface area (Å²) in [5.74, 6) is -0.315. The van der Waals surface area contributed by atoms with Gasteiger partial charge in [0.2, 0.25) is 0 Å². The van der Waals surface area contributed by atoms with Gasteiger partial charge in [-0.3, -0.25) is 20.2 Å². The Hall–Kier alpha value is -4.90. The maximum atomic E-state index is 13.0. The highest BCUT2D eigenvalue weighted by atomic mass is 16.1. The number of benzene rings is 1. The van der Waals surface area contributed by atoms with Crippen molar-refractivity contribution in [1.29, 1.82) is 10.7 Å². The molecule has 0 bridgehead atoms. The Morgan fingerprint density at radius 3 is 2.69 bits per heavy atom. The van der Waals surface area contributed by atoms with Crippen molar-refractivity contribution >= 4 is 23.6 Å². The number of aliphatic imine (C=N–C) groups is 1. The number of anilines is 1. The molecular formula is C28H25N7O. The topological polar surface area (TPSA) is 131 Å². The maximum Gasteiger partial charge on any atom is 0.255 e. The van der Waals surface area contributed by atoms with Crippen molar-refractivity contribution in [3.05, 3.63) is 101 Å². The molecule has 0 aliphatic heterocycles. The van der Waals surface area contributed by atoms with E-state index in [0.29, 0.717) is 22.7 Å². The first-order chi connectivity index (χ1) is 17.3. The Kier molecular flexibility index (Phi) is 6.84. The summed E-state index contributed by atoms with van der Waals surface area (Å²) in [6.07, 6.45) is 5.98. The van der Waals surface area contributed by atoms with Gasteiger partial charge in [0.1, 0.15) is 6.34 Å². The van der Waals surface area contributed by atoms with Crippen molar-refractivity contribution in [3.63, 3.8) is 0 Å². The largest absolute Gasteiger partial charge is 0.360 e. The molecule has 0 aliphatic carbocycles. The minimum atomic E-state index is -0.806. The second kappa shape index (κ2) is 10.2. The second-order valence-electron chi connectivity index (χ2n) is 8.75. The fourth-order valence-corrected chi connectivity index (χ4v) is 3.74. The molecule has 0 aliphatic rings. The quantitative estimate of drug-likeness (QED) is 0.248. The first-order valence-electron chi connectivity index (χ1n) is 11.3. The third kappa shape index (κ3) is 5.10. The first kappa shape index (κ1) is 24.2. The van der Waals surface area contributed by atoms with Crippen molar-refractivity contribution < 1.29 is 4.79 Å². The summed E-state index contributed by atoms with van der Waals surface area (Å²) in [7, 11) is 0.